The Hall–Kier alpha value is -1.61. The van der Waals surface area contributed by atoms with Crippen LogP contribution in [0, 0.1) is 0 Å². The van der Waals surface area contributed by atoms with Crippen LogP contribution >= 0.6 is 0 Å². The zero-order chi connectivity index (χ0) is 12.7. The van der Waals surface area contributed by atoms with Gasteiger partial charge in [-0.1, -0.05) is 36.4 Å². The van der Waals surface area contributed by atoms with E-state index in [2.05, 4.69) is 6.58 Å². The molecule has 1 aromatic carbocycles. The van der Waals surface area contributed by atoms with Gasteiger partial charge in [-0.3, -0.25) is 4.79 Å². The fraction of sp³-hybridized carbons (Fsp3) is 0.357. The van der Waals surface area contributed by atoms with Crippen molar-refractivity contribution in [3.8, 4) is 0 Å². The summed E-state index contributed by atoms with van der Waals surface area (Å²) >= 11 is 0. The molecule has 3 heteroatoms. The number of benzene rings is 1. The maximum absolute atomic E-state index is 11.5. The van der Waals surface area contributed by atoms with Crippen molar-refractivity contribution < 1.29 is 14.6 Å². The summed E-state index contributed by atoms with van der Waals surface area (Å²) in [5.74, 6) is -0.402. The lowest BCUT2D eigenvalue weighted by Gasteiger charge is -2.26. The quantitative estimate of drug-likeness (QED) is 0.607. The molecule has 0 aliphatic carbocycles. The van der Waals surface area contributed by atoms with E-state index in [-0.39, 0.29) is 6.42 Å². The van der Waals surface area contributed by atoms with Gasteiger partial charge in [0.25, 0.3) is 0 Å². The number of carbonyl (C=O) groups is 1. The molecule has 0 aromatic heterocycles. The molecule has 0 unspecified atom stereocenters. The first-order chi connectivity index (χ1) is 8.12. The van der Waals surface area contributed by atoms with Gasteiger partial charge in [0.05, 0.1) is 13.0 Å². The third-order valence-electron chi connectivity index (χ3n) is 2.54. The van der Waals surface area contributed by atoms with Crippen LogP contribution in [0.1, 0.15) is 25.3 Å². The Morgan fingerprint density at radius 3 is 2.65 bits per heavy atom. The zero-order valence-electron chi connectivity index (χ0n) is 10.1. The molecule has 0 radical (unpaired) electrons. The predicted molar refractivity (Wildman–Crippen MR) is 66.4 cm³/mol. The Balaban J connectivity index is 2.89. The van der Waals surface area contributed by atoms with Crippen LogP contribution < -0.4 is 0 Å². The minimum absolute atomic E-state index is 0.0587. The summed E-state index contributed by atoms with van der Waals surface area (Å²) < 4.78 is 4.87. The van der Waals surface area contributed by atoms with Crippen LogP contribution in [0.5, 0.6) is 0 Å². The molecule has 3 nitrogen and oxygen atoms in total. The molecular weight excluding hydrogens is 216 g/mol. The third-order valence-corrected chi connectivity index (χ3v) is 2.54. The van der Waals surface area contributed by atoms with Gasteiger partial charge in [-0.2, -0.15) is 0 Å². The standard InChI is InChI=1S/C14H18O3/c1-3-10-14(16,11-13(15)17-4-2)12-8-6-5-7-9-12/h3,5-9,16H,1,4,10-11H2,2H3/t14-/m1/s1. The second-order valence-electron chi connectivity index (χ2n) is 3.87. The van der Waals surface area contributed by atoms with Crippen LogP contribution in [0.25, 0.3) is 0 Å². The monoisotopic (exact) mass is 234 g/mol. The van der Waals surface area contributed by atoms with Crippen LogP contribution in [0.2, 0.25) is 0 Å². The highest BCUT2D eigenvalue weighted by Gasteiger charge is 2.31. The number of esters is 1. The number of carbonyl (C=O) groups excluding carboxylic acids is 1. The summed E-state index contributed by atoms with van der Waals surface area (Å²) in [5, 5.41) is 10.5. The molecule has 92 valence electrons. The normalized spacial score (nSPS) is 13.8. The van der Waals surface area contributed by atoms with E-state index in [1.807, 2.05) is 18.2 Å². The smallest absolute Gasteiger partial charge is 0.309 e. The number of aliphatic hydroxyl groups is 1. The topological polar surface area (TPSA) is 46.5 Å². The van der Waals surface area contributed by atoms with Gasteiger partial charge in [0.2, 0.25) is 0 Å². The van der Waals surface area contributed by atoms with E-state index < -0.39 is 11.6 Å². The summed E-state index contributed by atoms with van der Waals surface area (Å²) in [6, 6.07) is 9.11. The zero-order valence-corrected chi connectivity index (χ0v) is 10.1. The Kier molecular flexibility index (Phi) is 4.91. The highest BCUT2D eigenvalue weighted by atomic mass is 16.5. The van der Waals surface area contributed by atoms with E-state index in [9.17, 15) is 9.90 Å². The van der Waals surface area contributed by atoms with Gasteiger partial charge in [-0.15, -0.1) is 6.58 Å². The largest absolute Gasteiger partial charge is 0.466 e. The van der Waals surface area contributed by atoms with Crippen molar-refractivity contribution in [2.75, 3.05) is 6.61 Å². The second kappa shape index (κ2) is 6.21. The Morgan fingerprint density at radius 2 is 2.12 bits per heavy atom. The molecular formula is C14H18O3. The van der Waals surface area contributed by atoms with Gasteiger partial charge in [0.15, 0.2) is 0 Å². The van der Waals surface area contributed by atoms with Gasteiger partial charge < -0.3 is 9.84 Å². The molecule has 1 rings (SSSR count). The van der Waals surface area contributed by atoms with Crippen LogP contribution in [0.3, 0.4) is 0 Å². The molecule has 0 aliphatic heterocycles. The fourth-order valence-electron chi connectivity index (χ4n) is 1.73. The lowest BCUT2D eigenvalue weighted by Crippen LogP contribution is -2.29. The first kappa shape index (κ1) is 13.5. The van der Waals surface area contributed by atoms with E-state index in [1.165, 1.54) is 0 Å². The molecule has 0 fully saturated rings. The van der Waals surface area contributed by atoms with E-state index >= 15 is 0 Å². The summed E-state index contributed by atoms with van der Waals surface area (Å²) in [7, 11) is 0. The lowest BCUT2D eigenvalue weighted by atomic mass is 9.87. The molecule has 1 N–H and O–H groups in total. The summed E-state index contributed by atoms with van der Waals surface area (Å²) in [5.41, 5.74) is -0.525. The Labute approximate surface area is 102 Å². The predicted octanol–water partition coefficient (Wildman–Crippen LogP) is 2.40. The van der Waals surface area contributed by atoms with Crippen molar-refractivity contribution in [3.63, 3.8) is 0 Å². The summed E-state index contributed by atoms with van der Waals surface area (Å²) in [4.78, 5) is 11.5. The van der Waals surface area contributed by atoms with E-state index in [1.54, 1.807) is 25.1 Å². The van der Waals surface area contributed by atoms with Gasteiger partial charge in [0.1, 0.15) is 5.60 Å². The van der Waals surface area contributed by atoms with Crippen molar-refractivity contribution in [1.29, 1.82) is 0 Å². The fourth-order valence-corrected chi connectivity index (χ4v) is 1.73. The molecule has 0 spiro atoms. The maximum atomic E-state index is 11.5. The highest BCUT2D eigenvalue weighted by Crippen LogP contribution is 2.29. The Morgan fingerprint density at radius 1 is 1.47 bits per heavy atom. The average Bonchev–Trinajstić information content (AvgIpc) is 2.30. The minimum Gasteiger partial charge on any atom is -0.466 e. The first-order valence-electron chi connectivity index (χ1n) is 5.67. The van der Waals surface area contributed by atoms with Crippen molar-refractivity contribution in [3.05, 3.63) is 48.6 Å². The molecule has 0 heterocycles. The third kappa shape index (κ3) is 3.71. The minimum atomic E-state index is -1.23. The van der Waals surface area contributed by atoms with Crippen LogP contribution in [0.15, 0.2) is 43.0 Å². The lowest BCUT2D eigenvalue weighted by molar-refractivity contribution is -0.149. The second-order valence-corrected chi connectivity index (χ2v) is 3.87. The van der Waals surface area contributed by atoms with Crippen LogP contribution in [-0.2, 0) is 15.1 Å². The van der Waals surface area contributed by atoms with Gasteiger partial charge in [-0.05, 0) is 18.9 Å². The van der Waals surface area contributed by atoms with Gasteiger partial charge >= 0.3 is 5.97 Å². The summed E-state index contributed by atoms with van der Waals surface area (Å²) in [6.07, 6.45) is 1.86. The SMILES string of the molecule is C=CC[C@@](O)(CC(=O)OCC)c1ccccc1. The molecule has 1 atom stereocenters. The summed E-state index contributed by atoms with van der Waals surface area (Å²) in [6.45, 7) is 5.67. The van der Waals surface area contributed by atoms with E-state index in [4.69, 9.17) is 4.74 Å². The molecule has 17 heavy (non-hydrogen) atoms. The average molecular weight is 234 g/mol. The van der Waals surface area contributed by atoms with Crippen molar-refractivity contribution in [2.24, 2.45) is 0 Å². The van der Waals surface area contributed by atoms with Crippen molar-refractivity contribution in [1.82, 2.24) is 0 Å². The molecule has 1 aromatic rings. The molecule has 0 aliphatic rings. The Bertz CT molecular complexity index is 372. The number of ether oxygens (including phenoxy) is 1. The molecule has 0 bridgehead atoms. The van der Waals surface area contributed by atoms with E-state index in [0.717, 1.165) is 0 Å². The number of rotatable bonds is 6. The number of hydrogen-bond acceptors (Lipinski definition) is 3. The molecule has 0 amide bonds. The van der Waals surface area contributed by atoms with Gasteiger partial charge in [-0.25, -0.2) is 0 Å². The highest BCUT2D eigenvalue weighted by molar-refractivity contribution is 5.71. The maximum Gasteiger partial charge on any atom is 0.309 e. The van der Waals surface area contributed by atoms with Crippen molar-refractivity contribution >= 4 is 5.97 Å². The molecule has 0 saturated heterocycles. The number of hydrogen-bond donors (Lipinski definition) is 1. The molecule has 0 saturated carbocycles. The first-order valence-corrected chi connectivity index (χ1v) is 5.67. The van der Waals surface area contributed by atoms with Gasteiger partial charge in [0, 0.05) is 0 Å². The van der Waals surface area contributed by atoms with E-state index in [0.29, 0.717) is 18.6 Å². The van der Waals surface area contributed by atoms with Crippen molar-refractivity contribution in [2.45, 2.75) is 25.4 Å². The van der Waals surface area contributed by atoms with Crippen LogP contribution in [-0.4, -0.2) is 17.7 Å². The van der Waals surface area contributed by atoms with Crippen LogP contribution in [0.4, 0.5) is 0 Å².